The van der Waals surface area contributed by atoms with E-state index in [-0.39, 0.29) is 5.91 Å². The van der Waals surface area contributed by atoms with Gasteiger partial charge in [0, 0.05) is 11.8 Å². The second-order valence-corrected chi connectivity index (χ2v) is 6.13. The predicted octanol–water partition coefficient (Wildman–Crippen LogP) is 3.33. The number of thiazole rings is 2. The minimum atomic E-state index is -0.0472. The smallest absolute Gasteiger partial charge is 0.226 e. The summed E-state index contributed by atoms with van der Waals surface area (Å²) >= 11 is 2.98. The van der Waals surface area contributed by atoms with E-state index in [9.17, 15) is 4.79 Å². The summed E-state index contributed by atoms with van der Waals surface area (Å²) in [6, 6.07) is 5.66. The van der Waals surface area contributed by atoms with E-state index in [1.54, 1.807) is 12.6 Å². The van der Waals surface area contributed by atoms with Gasteiger partial charge in [0.05, 0.1) is 28.5 Å². The number of aromatic nitrogens is 2. The quantitative estimate of drug-likeness (QED) is 0.783. The maximum absolute atomic E-state index is 11.9. The fourth-order valence-electron chi connectivity index (χ4n) is 1.87. The number of carbonyl (C=O) groups excluding carboxylic acids is 1. The van der Waals surface area contributed by atoms with Gasteiger partial charge in [-0.05, 0) is 24.6 Å². The minimum absolute atomic E-state index is 0.0472. The lowest BCUT2D eigenvalue weighted by Crippen LogP contribution is -2.12. The van der Waals surface area contributed by atoms with Gasteiger partial charge in [0.2, 0.25) is 5.91 Å². The van der Waals surface area contributed by atoms with Crippen LogP contribution in [0.2, 0.25) is 0 Å². The average Bonchev–Trinajstić information content (AvgIpc) is 3.13. The van der Waals surface area contributed by atoms with Crippen LogP contribution in [0.5, 0.6) is 5.75 Å². The molecule has 0 bridgehead atoms. The van der Waals surface area contributed by atoms with Gasteiger partial charge in [0.15, 0.2) is 5.13 Å². The van der Waals surface area contributed by atoms with Crippen molar-refractivity contribution in [3.8, 4) is 5.75 Å². The van der Waals surface area contributed by atoms with Crippen molar-refractivity contribution in [3.63, 3.8) is 0 Å². The fourth-order valence-corrected chi connectivity index (χ4v) is 3.37. The highest BCUT2D eigenvalue weighted by Crippen LogP contribution is 2.29. The van der Waals surface area contributed by atoms with E-state index in [1.165, 1.54) is 22.7 Å². The number of aryl methyl sites for hydroxylation is 1. The molecule has 0 aliphatic rings. The minimum Gasteiger partial charge on any atom is -0.497 e. The number of rotatable bonds is 5. The van der Waals surface area contributed by atoms with Crippen molar-refractivity contribution in [1.29, 1.82) is 0 Å². The topological polar surface area (TPSA) is 64.1 Å². The lowest BCUT2D eigenvalue weighted by molar-refractivity contribution is -0.116. The zero-order valence-corrected chi connectivity index (χ0v) is 13.0. The van der Waals surface area contributed by atoms with E-state index in [4.69, 9.17) is 4.74 Å². The van der Waals surface area contributed by atoms with Gasteiger partial charge in [-0.3, -0.25) is 4.79 Å². The Morgan fingerprint density at radius 2 is 2.33 bits per heavy atom. The predicted molar refractivity (Wildman–Crippen MR) is 85.2 cm³/mol. The average molecular weight is 319 g/mol. The summed E-state index contributed by atoms with van der Waals surface area (Å²) in [4.78, 5) is 20.5. The molecule has 2 heterocycles. The SMILES string of the molecule is COc1ccc2nc(NC(=O)CCc3cscn3)sc2c1. The monoisotopic (exact) mass is 319 g/mol. The molecule has 0 fully saturated rings. The number of benzene rings is 1. The summed E-state index contributed by atoms with van der Waals surface area (Å²) in [5.74, 6) is 0.738. The van der Waals surface area contributed by atoms with Crippen molar-refractivity contribution in [2.75, 3.05) is 12.4 Å². The molecular formula is C14H13N3O2S2. The van der Waals surface area contributed by atoms with Gasteiger partial charge in [-0.25, -0.2) is 9.97 Å². The molecule has 1 amide bonds. The maximum atomic E-state index is 11.9. The largest absolute Gasteiger partial charge is 0.497 e. The lowest BCUT2D eigenvalue weighted by atomic mass is 10.2. The van der Waals surface area contributed by atoms with Crippen LogP contribution in [-0.2, 0) is 11.2 Å². The van der Waals surface area contributed by atoms with Crippen molar-refractivity contribution >= 4 is 43.9 Å². The third kappa shape index (κ3) is 3.37. The van der Waals surface area contributed by atoms with Crippen molar-refractivity contribution < 1.29 is 9.53 Å². The summed E-state index contributed by atoms with van der Waals surface area (Å²) < 4.78 is 6.17. The van der Waals surface area contributed by atoms with Crippen molar-refractivity contribution in [3.05, 3.63) is 34.8 Å². The van der Waals surface area contributed by atoms with Crippen molar-refractivity contribution in [1.82, 2.24) is 9.97 Å². The van der Waals surface area contributed by atoms with Gasteiger partial charge in [-0.1, -0.05) is 11.3 Å². The number of methoxy groups -OCH3 is 1. The number of amides is 1. The van der Waals surface area contributed by atoms with Crippen LogP contribution < -0.4 is 10.1 Å². The van der Waals surface area contributed by atoms with Crippen LogP contribution in [0.25, 0.3) is 10.2 Å². The molecule has 0 saturated carbocycles. The molecule has 7 heteroatoms. The van der Waals surface area contributed by atoms with E-state index in [0.717, 1.165) is 21.7 Å². The van der Waals surface area contributed by atoms with Gasteiger partial charge in [0.25, 0.3) is 0 Å². The number of hydrogen-bond acceptors (Lipinski definition) is 6. The number of nitrogens with zero attached hydrogens (tertiary/aromatic N) is 2. The Morgan fingerprint density at radius 3 is 3.10 bits per heavy atom. The number of carbonyl (C=O) groups is 1. The summed E-state index contributed by atoms with van der Waals surface area (Å²) in [5.41, 5.74) is 3.58. The van der Waals surface area contributed by atoms with Gasteiger partial charge in [0.1, 0.15) is 5.75 Å². The molecule has 21 heavy (non-hydrogen) atoms. The van der Waals surface area contributed by atoms with Gasteiger partial charge < -0.3 is 10.1 Å². The zero-order valence-electron chi connectivity index (χ0n) is 11.3. The van der Waals surface area contributed by atoms with Crippen LogP contribution in [0, 0.1) is 0 Å². The summed E-state index contributed by atoms with van der Waals surface area (Å²) in [7, 11) is 1.63. The third-order valence-corrected chi connectivity index (χ3v) is 4.50. The molecule has 3 rings (SSSR count). The first-order valence-electron chi connectivity index (χ1n) is 6.36. The molecule has 3 aromatic rings. The summed E-state index contributed by atoms with van der Waals surface area (Å²) in [6.07, 6.45) is 1.05. The van der Waals surface area contributed by atoms with Crippen molar-refractivity contribution in [2.24, 2.45) is 0 Å². The molecule has 0 radical (unpaired) electrons. The second kappa shape index (κ2) is 6.19. The van der Waals surface area contributed by atoms with Crippen LogP contribution >= 0.6 is 22.7 Å². The van der Waals surface area contributed by atoms with Gasteiger partial charge in [-0.15, -0.1) is 11.3 Å². The highest BCUT2D eigenvalue weighted by Gasteiger charge is 2.09. The molecule has 1 aromatic carbocycles. The molecule has 0 aliphatic heterocycles. The number of fused-ring (bicyclic) bond motifs is 1. The maximum Gasteiger partial charge on any atom is 0.226 e. The van der Waals surface area contributed by atoms with Crippen LogP contribution in [0.15, 0.2) is 29.1 Å². The molecule has 5 nitrogen and oxygen atoms in total. The summed E-state index contributed by atoms with van der Waals surface area (Å²) in [6.45, 7) is 0. The second-order valence-electron chi connectivity index (χ2n) is 4.38. The van der Waals surface area contributed by atoms with E-state index < -0.39 is 0 Å². The zero-order chi connectivity index (χ0) is 14.7. The van der Waals surface area contributed by atoms with E-state index in [0.29, 0.717) is 18.0 Å². The molecule has 0 atom stereocenters. The molecule has 108 valence electrons. The normalized spacial score (nSPS) is 10.7. The summed E-state index contributed by atoms with van der Waals surface area (Å²) in [5, 5.41) is 5.40. The highest BCUT2D eigenvalue weighted by molar-refractivity contribution is 7.22. The van der Waals surface area contributed by atoms with Crippen molar-refractivity contribution in [2.45, 2.75) is 12.8 Å². The molecule has 0 aliphatic carbocycles. The van der Waals surface area contributed by atoms with E-state index >= 15 is 0 Å². The number of anilines is 1. The number of nitrogens with one attached hydrogen (secondary N) is 1. The Labute approximate surface area is 129 Å². The Hall–Kier alpha value is -1.99. The molecule has 0 saturated heterocycles. The number of ether oxygens (including phenoxy) is 1. The number of hydrogen-bond donors (Lipinski definition) is 1. The Balaban J connectivity index is 1.65. The molecule has 2 aromatic heterocycles. The Kier molecular flexibility index (Phi) is 4.12. The fraction of sp³-hybridized carbons (Fsp3) is 0.214. The van der Waals surface area contributed by atoms with Crippen LogP contribution in [0.1, 0.15) is 12.1 Å². The van der Waals surface area contributed by atoms with E-state index in [2.05, 4.69) is 15.3 Å². The molecular weight excluding hydrogens is 306 g/mol. The lowest BCUT2D eigenvalue weighted by Gasteiger charge is -1.99. The standard InChI is InChI=1S/C14H13N3O2S2/c1-19-10-3-4-11-12(6-10)21-14(16-11)17-13(18)5-2-9-7-20-8-15-9/h3-4,6-8H,2,5H2,1H3,(H,16,17,18). The Morgan fingerprint density at radius 1 is 1.43 bits per heavy atom. The van der Waals surface area contributed by atoms with Crippen LogP contribution in [0.3, 0.4) is 0 Å². The molecule has 1 N–H and O–H groups in total. The van der Waals surface area contributed by atoms with E-state index in [1.807, 2.05) is 23.6 Å². The first-order chi connectivity index (χ1) is 10.2. The van der Waals surface area contributed by atoms with Gasteiger partial charge in [-0.2, -0.15) is 0 Å². The molecule has 0 unspecified atom stereocenters. The Bertz CT molecular complexity index is 753. The third-order valence-electron chi connectivity index (χ3n) is 2.93. The van der Waals surface area contributed by atoms with Crippen LogP contribution in [0.4, 0.5) is 5.13 Å². The molecule has 0 spiro atoms. The van der Waals surface area contributed by atoms with Gasteiger partial charge >= 0.3 is 0 Å². The highest BCUT2D eigenvalue weighted by atomic mass is 32.1. The first kappa shape index (κ1) is 14.0. The first-order valence-corrected chi connectivity index (χ1v) is 8.12. The van der Waals surface area contributed by atoms with Crippen LogP contribution in [-0.4, -0.2) is 23.0 Å².